The predicted molar refractivity (Wildman–Crippen MR) is 68.7 cm³/mol. The Morgan fingerprint density at radius 3 is 2.30 bits per heavy atom. The van der Waals surface area contributed by atoms with E-state index in [0.29, 0.717) is 6.42 Å². The molecular formula is C14H20O6. The largest absolute Gasteiger partial charge is 0.459 e. The van der Waals surface area contributed by atoms with Gasteiger partial charge in [-0.05, 0) is 19.9 Å². The molecular weight excluding hydrogens is 264 g/mol. The van der Waals surface area contributed by atoms with Crippen LogP contribution in [-0.4, -0.2) is 42.1 Å². The highest BCUT2D eigenvalue weighted by Crippen LogP contribution is 2.36. The van der Waals surface area contributed by atoms with E-state index in [-0.39, 0.29) is 5.97 Å². The Kier molecular flexibility index (Phi) is 4.15. The van der Waals surface area contributed by atoms with Gasteiger partial charge in [-0.1, -0.05) is 6.08 Å². The van der Waals surface area contributed by atoms with Crippen molar-refractivity contribution in [2.45, 2.75) is 64.3 Å². The third-order valence-electron chi connectivity index (χ3n) is 3.17. The summed E-state index contributed by atoms with van der Waals surface area (Å²) in [6.07, 6.45) is 2.13. The van der Waals surface area contributed by atoms with E-state index in [0.717, 1.165) is 0 Å². The topological polar surface area (TPSA) is 71.1 Å². The highest BCUT2D eigenvalue weighted by molar-refractivity contribution is 5.67. The molecule has 0 amide bonds. The molecule has 2 rings (SSSR count). The zero-order valence-electron chi connectivity index (χ0n) is 12.1. The number of hydrogen-bond acceptors (Lipinski definition) is 6. The predicted octanol–water partition coefficient (Wildman–Crippen LogP) is 1.33. The van der Waals surface area contributed by atoms with Crippen molar-refractivity contribution in [2.24, 2.45) is 0 Å². The first-order chi connectivity index (χ1) is 9.28. The zero-order chi connectivity index (χ0) is 14.9. The minimum absolute atomic E-state index is 0.374. The minimum atomic E-state index is -0.808. The van der Waals surface area contributed by atoms with Crippen molar-refractivity contribution in [1.29, 1.82) is 0 Å². The molecule has 1 fully saturated rings. The Hall–Kier alpha value is -1.40. The zero-order valence-corrected chi connectivity index (χ0v) is 12.1. The van der Waals surface area contributed by atoms with E-state index in [1.54, 1.807) is 19.9 Å². The Morgan fingerprint density at radius 2 is 1.70 bits per heavy atom. The third kappa shape index (κ3) is 3.37. The standard InChI is InChI=1S/C14H20O6/c1-8(15)17-10-6-5-7-11(18-9(2)16)13-12(10)19-14(3,4)20-13/h5-6,10-13H,7H2,1-4H3/t10-,11-,12+,13-/m1/s1. The van der Waals surface area contributed by atoms with Gasteiger partial charge in [0.25, 0.3) is 0 Å². The summed E-state index contributed by atoms with van der Waals surface area (Å²) in [6, 6.07) is 0. The van der Waals surface area contributed by atoms with E-state index in [2.05, 4.69) is 0 Å². The molecule has 0 aromatic carbocycles. The smallest absolute Gasteiger partial charge is 0.303 e. The van der Waals surface area contributed by atoms with Gasteiger partial charge in [0.15, 0.2) is 5.79 Å². The van der Waals surface area contributed by atoms with Crippen molar-refractivity contribution in [2.75, 3.05) is 0 Å². The van der Waals surface area contributed by atoms with Crippen molar-refractivity contribution in [1.82, 2.24) is 0 Å². The van der Waals surface area contributed by atoms with Crippen LogP contribution in [0, 0.1) is 0 Å². The first-order valence-corrected chi connectivity index (χ1v) is 6.65. The molecule has 1 aliphatic carbocycles. The molecule has 2 aliphatic rings. The average Bonchev–Trinajstić information content (AvgIpc) is 2.54. The molecule has 112 valence electrons. The van der Waals surface area contributed by atoms with Crippen LogP contribution in [0.3, 0.4) is 0 Å². The second-order valence-electron chi connectivity index (χ2n) is 5.45. The average molecular weight is 284 g/mol. The molecule has 0 aromatic rings. The van der Waals surface area contributed by atoms with Crippen LogP contribution >= 0.6 is 0 Å². The van der Waals surface area contributed by atoms with Gasteiger partial charge >= 0.3 is 11.9 Å². The van der Waals surface area contributed by atoms with Crippen LogP contribution in [0.25, 0.3) is 0 Å². The molecule has 1 aliphatic heterocycles. The van der Waals surface area contributed by atoms with Gasteiger partial charge in [0.05, 0.1) is 0 Å². The molecule has 0 radical (unpaired) electrons. The molecule has 0 unspecified atom stereocenters. The molecule has 0 bridgehead atoms. The summed E-state index contributed by atoms with van der Waals surface area (Å²) in [7, 11) is 0. The summed E-state index contributed by atoms with van der Waals surface area (Å²) in [5.41, 5.74) is 0. The molecule has 20 heavy (non-hydrogen) atoms. The lowest BCUT2D eigenvalue weighted by atomic mass is 10.0. The monoisotopic (exact) mass is 284 g/mol. The molecule has 0 aromatic heterocycles. The van der Waals surface area contributed by atoms with E-state index in [1.807, 2.05) is 6.08 Å². The second-order valence-corrected chi connectivity index (χ2v) is 5.45. The van der Waals surface area contributed by atoms with Gasteiger partial charge in [0.2, 0.25) is 0 Å². The van der Waals surface area contributed by atoms with E-state index in [4.69, 9.17) is 18.9 Å². The Bertz CT molecular complexity index is 427. The highest BCUT2D eigenvalue weighted by atomic mass is 16.8. The second kappa shape index (κ2) is 5.54. The number of carbonyl (C=O) groups excluding carboxylic acids is 2. The lowest BCUT2D eigenvalue weighted by Crippen LogP contribution is -2.43. The van der Waals surface area contributed by atoms with E-state index >= 15 is 0 Å². The van der Waals surface area contributed by atoms with E-state index in [9.17, 15) is 9.59 Å². The van der Waals surface area contributed by atoms with Crippen LogP contribution in [-0.2, 0) is 28.5 Å². The Labute approximate surface area is 118 Å². The quantitative estimate of drug-likeness (QED) is 0.563. The van der Waals surface area contributed by atoms with E-state index < -0.39 is 36.2 Å². The molecule has 0 saturated carbocycles. The minimum Gasteiger partial charge on any atom is -0.459 e. The van der Waals surface area contributed by atoms with Crippen molar-refractivity contribution in [3.8, 4) is 0 Å². The van der Waals surface area contributed by atoms with Gasteiger partial charge in [0, 0.05) is 20.3 Å². The summed E-state index contributed by atoms with van der Waals surface area (Å²) in [5, 5.41) is 0. The number of carbonyl (C=O) groups is 2. The fourth-order valence-corrected chi connectivity index (χ4v) is 2.58. The number of ether oxygens (including phenoxy) is 4. The molecule has 1 heterocycles. The lowest BCUT2D eigenvalue weighted by molar-refractivity contribution is -0.172. The number of esters is 2. The van der Waals surface area contributed by atoms with Crippen LogP contribution in [0.5, 0.6) is 0 Å². The summed E-state index contributed by atoms with van der Waals surface area (Å²) in [5.74, 6) is -1.57. The SMILES string of the molecule is CC(=O)O[C@@H]1C=CC[C@@H](OC(C)=O)[C@H]2OC(C)(C)O[C@H]21. The van der Waals surface area contributed by atoms with Crippen molar-refractivity contribution in [3.63, 3.8) is 0 Å². The summed E-state index contributed by atoms with van der Waals surface area (Å²) in [4.78, 5) is 22.4. The van der Waals surface area contributed by atoms with Gasteiger partial charge in [-0.15, -0.1) is 0 Å². The van der Waals surface area contributed by atoms with Crippen LogP contribution in [0.4, 0.5) is 0 Å². The summed E-state index contributed by atoms with van der Waals surface area (Å²) >= 11 is 0. The first kappa shape index (κ1) is 15.0. The highest BCUT2D eigenvalue weighted by Gasteiger charge is 2.50. The van der Waals surface area contributed by atoms with Gasteiger partial charge in [-0.2, -0.15) is 0 Å². The summed E-state index contributed by atoms with van der Waals surface area (Å²) in [6.45, 7) is 6.26. The van der Waals surface area contributed by atoms with Gasteiger partial charge in [-0.3, -0.25) is 9.59 Å². The maximum atomic E-state index is 11.2. The number of fused-ring (bicyclic) bond motifs is 1. The van der Waals surface area contributed by atoms with Gasteiger partial charge in [0.1, 0.15) is 24.4 Å². The molecule has 6 heteroatoms. The normalized spacial score (nSPS) is 35.0. The lowest BCUT2D eigenvalue weighted by Gasteiger charge is -2.26. The number of hydrogen-bond donors (Lipinski definition) is 0. The number of rotatable bonds is 2. The van der Waals surface area contributed by atoms with Crippen molar-refractivity contribution >= 4 is 11.9 Å². The van der Waals surface area contributed by atoms with Gasteiger partial charge < -0.3 is 18.9 Å². The van der Waals surface area contributed by atoms with Crippen molar-refractivity contribution in [3.05, 3.63) is 12.2 Å². The Balaban J connectivity index is 2.22. The van der Waals surface area contributed by atoms with E-state index in [1.165, 1.54) is 13.8 Å². The molecule has 0 N–H and O–H groups in total. The Morgan fingerprint density at radius 1 is 1.10 bits per heavy atom. The molecule has 0 spiro atoms. The first-order valence-electron chi connectivity index (χ1n) is 6.65. The van der Waals surface area contributed by atoms with Crippen LogP contribution in [0.2, 0.25) is 0 Å². The fourth-order valence-electron chi connectivity index (χ4n) is 2.58. The van der Waals surface area contributed by atoms with Crippen LogP contribution < -0.4 is 0 Å². The summed E-state index contributed by atoms with van der Waals surface area (Å²) < 4.78 is 22.2. The molecule has 6 nitrogen and oxygen atoms in total. The maximum Gasteiger partial charge on any atom is 0.303 e. The molecule has 4 atom stereocenters. The fraction of sp³-hybridized carbons (Fsp3) is 0.714. The maximum absolute atomic E-state index is 11.2. The van der Waals surface area contributed by atoms with Gasteiger partial charge in [-0.25, -0.2) is 0 Å². The third-order valence-corrected chi connectivity index (χ3v) is 3.17. The van der Waals surface area contributed by atoms with Crippen molar-refractivity contribution < 1.29 is 28.5 Å². The van der Waals surface area contributed by atoms with Crippen LogP contribution in [0.1, 0.15) is 34.1 Å². The van der Waals surface area contributed by atoms with Crippen LogP contribution in [0.15, 0.2) is 12.2 Å². The molecule has 1 saturated heterocycles.